The average molecular weight is 233 g/mol. The highest BCUT2D eigenvalue weighted by Crippen LogP contribution is 2.32. The quantitative estimate of drug-likeness (QED) is 0.867. The van der Waals surface area contributed by atoms with Crippen LogP contribution in [0.2, 0.25) is 0 Å². The van der Waals surface area contributed by atoms with Gasteiger partial charge in [-0.3, -0.25) is 0 Å². The molecule has 1 saturated heterocycles. The maximum absolute atomic E-state index is 5.84. The van der Waals surface area contributed by atoms with Gasteiger partial charge < -0.3 is 14.8 Å². The van der Waals surface area contributed by atoms with Gasteiger partial charge in [0.15, 0.2) is 0 Å². The third-order valence-electron chi connectivity index (χ3n) is 3.69. The van der Waals surface area contributed by atoms with E-state index in [2.05, 4.69) is 23.5 Å². The van der Waals surface area contributed by atoms with Gasteiger partial charge in [0.25, 0.3) is 0 Å². The molecule has 0 aromatic heterocycles. The van der Waals surface area contributed by atoms with Crippen LogP contribution < -0.4 is 10.1 Å². The fourth-order valence-corrected chi connectivity index (χ4v) is 2.64. The Balaban J connectivity index is 1.79. The van der Waals surface area contributed by atoms with Crippen molar-refractivity contribution in [3.8, 4) is 5.75 Å². The second-order valence-electron chi connectivity index (χ2n) is 4.87. The molecule has 1 aromatic carbocycles. The Hall–Kier alpha value is -1.06. The van der Waals surface area contributed by atoms with Gasteiger partial charge in [-0.25, -0.2) is 0 Å². The monoisotopic (exact) mass is 233 g/mol. The molecular formula is C14H19NO2. The van der Waals surface area contributed by atoms with Crippen LogP contribution in [0.25, 0.3) is 0 Å². The second-order valence-corrected chi connectivity index (χ2v) is 4.87. The summed E-state index contributed by atoms with van der Waals surface area (Å²) in [5.74, 6) is 0.994. The standard InChI is InChI=1S/C14H19NO2/c1-15-14-4-2-3-10-7-11(5-6-13(10)14)17-12-8-16-9-12/h5-7,12,14-15H,2-4,8-9H2,1H3. The van der Waals surface area contributed by atoms with Crippen molar-refractivity contribution in [3.05, 3.63) is 29.3 Å². The first-order valence-corrected chi connectivity index (χ1v) is 6.41. The molecule has 1 N–H and O–H groups in total. The lowest BCUT2D eigenvalue weighted by molar-refractivity contribution is -0.0797. The van der Waals surface area contributed by atoms with Gasteiger partial charge >= 0.3 is 0 Å². The van der Waals surface area contributed by atoms with Crippen LogP contribution in [0.4, 0.5) is 0 Å². The van der Waals surface area contributed by atoms with Crippen molar-refractivity contribution < 1.29 is 9.47 Å². The molecule has 1 atom stereocenters. The molecule has 0 amide bonds. The lowest BCUT2D eigenvalue weighted by Crippen LogP contribution is -2.38. The van der Waals surface area contributed by atoms with Gasteiger partial charge in [0.05, 0.1) is 13.2 Å². The van der Waals surface area contributed by atoms with Crippen molar-refractivity contribution in [3.63, 3.8) is 0 Å². The smallest absolute Gasteiger partial charge is 0.145 e. The van der Waals surface area contributed by atoms with Crippen molar-refractivity contribution in [2.75, 3.05) is 20.3 Å². The molecule has 17 heavy (non-hydrogen) atoms. The van der Waals surface area contributed by atoms with E-state index >= 15 is 0 Å². The van der Waals surface area contributed by atoms with E-state index in [4.69, 9.17) is 9.47 Å². The lowest BCUT2D eigenvalue weighted by atomic mass is 9.87. The van der Waals surface area contributed by atoms with E-state index < -0.39 is 0 Å². The normalized spacial score (nSPS) is 23.9. The molecular weight excluding hydrogens is 214 g/mol. The fraction of sp³-hybridized carbons (Fsp3) is 0.571. The van der Waals surface area contributed by atoms with E-state index in [0.29, 0.717) is 6.04 Å². The number of aryl methyl sites for hydroxylation is 1. The van der Waals surface area contributed by atoms with Crippen LogP contribution in [0.15, 0.2) is 18.2 Å². The van der Waals surface area contributed by atoms with E-state index in [1.807, 2.05) is 7.05 Å². The first-order valence-electron chi connectivity index (χ1n) is 6.41. The van der Waals surface area contributed by atoms with Gasteiger partial charge in [0.2, 0.25) is 0 Å². The topological polar surface area (TPSA) is 30.5 Å². The van der Waals surface area contributed by atoms with E-state index in [-0.39, 0.29) is 6.10 Å². The predicted octanol–water partition coefficient (Wildman–Crippen LogP) is 2.06. The number of benzene rings is 1. The van der Waals surface area contributed by atoms with Crippen LogP contribution >= 0.6 is 0 Å². The molecule has 1 heterocycles. The molecule has 2 aliphatic rings. The van der Waals surface area contributed by atoms with Crippen LogP contribution in [0.3, 0.4) is 0 Å². The number of hydrogen-bond acceptors (Lipinski definition) is 3. The Morgan fingerprint density at radius 1 is 1.35 bits per heavy atom. The number of hydrogen-bond donors (Lipinski definition) is 1. The Kier molecular flexibility index (Phi) is 3.04. The van der Waals surface area contributed by atoms with Gasteiger partial charge in [-0.15, -0.1) is 0 Å². The molecule has 1 unspecified atom stereocenters. The Bertz CT molecular complexity index is 401. The largest absolute Gasteiger partial charge is 0.486 e. The van der Waals surface area contributed by atoms with Gasteiger partial charge in [-0.05, 0) is 49.6 Å². The van der Waals surface area contributed by atoms with Crippen LogP contribution in [-0.2, 0) is 11.2 Å². The summed E-state index contributed by atoms with van der Waals surface area (Å²) >= 11 is 0. The van der Waals surface area contributed by atoms with E-state index in [1.165, 1.54) is 30.4 Å². The van der Waals surface area contributed by atoms with Crippen LogP contribution in [0.5, 0.6) is 5.75 Å². The Labute approximate surface area is 102 Å². The van der Waals surface area contributed by atoms with Crippen molar-refractivity contribution >= 4 is 0 Å². The highest BCUT2D eigenvalue weighted by molar-refractivity contribution is 5.39. The molecule has 1 aromatic rings. The average Bonchev–Trinajstić information content (AvgIpc) is 2.32. The summed E-state index contributed by atoms with van der Waals surface area (Å²) in [6, 6.07) is 7.02. The third kappa shape index (κ3) is 2.17. The zero-order valence-electron chi connectivity index (χ0n) is 10.2. The highest BCUT2D eigenvalue weighted by Gasteiger charge is 2.22. The first-order chi connectivity index (χ1) is 8.36. The summed E-state index contributed by atoms with van der Waals surface area (Å²) in [5.41, 5.74) is 2.88. The van der Waals surface area contributed by atoms with Gasteiger partial charge in [0.1, 0.15) is 11.9 Å². The minimum atomic E-state index is 0.261. The first kappa shape index (κ1) is 11.1. The summed E-state index contributed by atoms with van der Waals surface area (Å²) in [6.07, 6.45) is 3.93. The molecule has 92 valence electrons. The molecule has 3 nitrogen and oxygen atoms in total. The van der Waals surface area contributed by atoms with E-state index in [1.54, 1.807) is 0 Å². The molecule has 0 radical (unpaired) electrons. The lowest BCUT2D eigenvalue weighted by Gasteiger charge is -2.29. The molecule has 3 heteroatoms. The molecule has 1 fully saturated rings. The molecule has 0 saturated carbocycles. The Morgan fingerprint density at radius 3 is 2.94 bits per heavy atom. The number of rotatable bonds is 3. The van der Waals surface area contributed by atoms with Crippen LogP contribution in [0, 0.1) is 0 Å². The molecule has 0 spiro atoms. The fourth-order valence-electron chi connectivity index (χ4n) is 2.64. The molecule has 1 aliphatic heterocycles. The third-order valence-corrected chi connectivity index (χ3v) is 3.69. The minimum Gasteiger partial charge on any atom is -0.486 e. The zero-order chi connectivity index (χ0) is 11.7. The van der Waals surface area contributed by atoms with E-state index in [0.717, 1.165) is 19.0 Å². The van der Waals surface area contributed by atoms with Gasteiger partial charge in [-0.1, -0.05) is 6.07 Å². The number of nitrogens with one attached hydrogen (secondary N) is 1. The van der Waals surface area contributed by atoms with Crippen molar-refractivity contribution in [1.29, 1.82) is 0 Å². The van der Waals surface area contributed by atoms with Crippen LogP contribution in [0.1, 0.15) is 30.0 Å². The Morgan fingerprint density at radius 2 is 2.24 bits per heavy atom. The van der Waals surface area contributed by atoms with Crippen molar-refractivity contribution in [1.82, 2.24) is 5.32 Å². The molecule has 1 aliphatic carbocycles. The summed E-state index contributed by atoms with van der Waals surface area (Å²) in [7, 11) is 2.04. The van der Waals surface area contributed by atoms with Crippen LogP contribution in [-0.4, -0.2) is 26.4 Å². The predicted molar refractivity (Wildman–Crippen MR) is 66.4 cm³/mol. The summed E-state index contributed by atoms with van der Waals surface area (Å²) < 4.78 is 11.0. The zero-order valence-corrected chi connectivity index (χ0v) is 10.2. The molecule has 0 bridgehead atoms. The minimum absolute atomic E-state index is 0.261. The maximum Gasteiger partial charge on any atom is 0.145 e. The SMILES string of the molecule is CNC1CCCc2cc(OC3COC3)ccc21. The van der Waals surface area contributed by atoms with Crippen molar-refractivity contribution in [2.45, 2.75) is 31.4 Å². The van der Waals surface area contributed by atoms with E-state index in [9.17, 15) is 0 Å². The summed E-state index contributed by atoms with van der Waals surface area (Å²) in [4.78, 5) is 0. The maximum atomic E-state index is 5.84. The number of fused-ring (bicyclic) bond motifs is 1. The second kappa shape index (κ2) is 4.67. The summed E-state index contributed by atoms with van der Waals surface area (Å²) in [5, 5.41) is 3.38. The number of ether oxygens (including phenoxy) is 2. The molecule has 3 rings (SSSR count). The van der Waals surface area contributed by atoms with Gasteiger partial charge in [-0.2, -0.15) is 0 Å². The highest BCUT2D eigenvalue weighted by atomic mass is 16.6. The summed E-state index contributed by atoms with van der Waals surface area (Å²) in [6.45, 7) is 1.46. The van der Waals surface area contributed by atoms with Crippen molar-refractivity contribution in [2.24, 2.45) is 0 Å². The van der Waals surface area contributed by atoms with Gasteiger partial charge in [0, 0.05) is 6.04 Å².